The van der Waals surface area contributed by atoms with Crippen molar-refractivity contribution in [2.45, 2.75) is 20.3 Å². The molecule has 0 heterocycles. The van der Waals surface area contributed by atoms with Gasteiger partial charge in [0.15, 0.2) is 0 Å². The number of carbonyl (C=O) groups is 1. The SMILES string of the molecule is C#CCOc1ccc([N+](=O)[O-])cc1/C=N\NC(=O)Cc1ccc(C)c(C)c1. The highest BCUT2D eigenvalue weighted by atomic mass is 16.6. The lowest BCUT2D eigenvalue weighted by molar-refractivity contribution is -0.384. The standard InChI is InChI=1S/C20H19N3O4/c1-4-9-27-19-8-7-18(23(25)26)12-17(19)13-21-22-20(24)11-16-6-5-14(2)15(3)10-16/h1,5-8,10,12-13H,9,11H2,2-3H3,(H,22,24)/b21-13-. The fraction of sp³-hybridized carbons (Fsp3) is 0.200. The van der Waals surface area contributed by atoms with Gasteiger partial charge < -0.3 is 4.74 Å². The highest BCUT2D eigenvalue weighted by molar-refractivity contribution is 5.86. The van der Waals surface area contributed by atoms with Gasteiger partial charge in [-0.1, -0.05) is 24.1 Å². The third kappa shape index (κ3) is 5.68. The average Bonchev–Trinajstić information content (AvgIpc) is 2.63. The fourth-order valence-electron chi connectivity index (χ4n) is 2.31. The van der Waals surface area contributed by atoms with E-state index in [0.29, 0.717) is 11.3 Å². The second-order valence-electron chi connectivity index (χ2n) is 5.86. The number of benzene rings is 2. The number of hydrazone groups is 1. The quantitative estimate of drug-likeness (QED) is 0.353. The molecule has 0 saturated heterocycles. The third-order valence-corrected chi connectivity index (χ3v) is 3.84. The molecule has 2 rings (SSSR count). The molecule has 7 heteroatoms. The average molecular weight is 365 g/mol. The van der Waals surface area contributed by atoms with Gasteiger partial charge in [0.2, 0.25) is 5.91 Å². The number of ether oxygens (including phenoxy) is 1. The summed E-state index contributed by atoms with van der Waals surface area (Å²) in [6.45, 7) is 4.00. The van der Waals surface area contributed by atoms with Crippen LogP contribution in [0.1, 0.15) is 22.3 Å². The van der Waals surface area contributed by atoms with E-state index in [0.717, 1.165) is 16.7 Å². The predicted molar refractivity (Wildman–Crippen MR) is 103 cm³/mol. The molecule has 1 amide bonds. The highest BCUT2D eigenvalue weighted by Gasteiger charge is 2.11. The van der Waals surface area contributed by atoms with Gasteiger partial charge in [-0.15, -0.1) is 6.42 Å². The summed E-state index contributed by atoms with van der Waals surface area (Å²) >= 11 is 0. The Morgan fingerprint density at radius 1 is 1.30 bits per heavy atom. The Bertz CT molecular complexity index is 929. The van der Waals surface area contributed by atoms with Crippen LogP contribution in [0.3, 0.4) is 0 Å². The first-order chi connectivity index (χ1) is 12.9. The van der Waals surface area contributed by atoms with Gasteiger partial charge in [0, 0.05) is 17.7 Å². The van der Waals surface area contributed by atoms with Gasteiger partial charge in [-0.2, -0.15) is 5.10 Å². The molecule has 0 bridgehead atoms. The number of nitro groups is 1. The number of rotatable bonds is 7. The monoisotopic (exact) mass is 365 g/mol. The molecule has 138 valence electrons. The van der Waals surface area contributed by atoms with Gasteiger partial charge in [-0.05, 0) is 36.6 Å². The maximum atomic E-state index is 12.0. The van der Waals surface area contributed by atoms with Crippen LogP contribution in [0.15, 0.2) is 41.5 Å². The summed E-state index contributed by atoms with van der Waals surface area (Å²) in [5, 5.41) is 14.8. The van der Waals surface area contributed by atoms with Crippen LogP contribution in [0.4, 0.5) is 5.69 Å². The molecule has 2 aromatic carbocycles. The summed E-state index contributed by atoms with van der Waals surface area (Å²) in [6, 6.07) is 9.84. The van der Waals surface area contributed by atoms with Crippen LogP contribution in [0.5, 0.6) is 5.75 Å². The molecule has 27 heavy (non-hydrogen) atoms. The van der Waals surface area contributed by atoms with E-state index in [9.17, 15) is 14.9 Å². The maximum absolute atomic E-state index is 12.0. The Hall–Kier alpha value is -3.66. The Kier molecular flexibility index (Phi) is 6.67. The first-order valence-corrected chi connectivity index (χ1v) is 8.13. The molecular formula is C20H19N3O4. The Morgan fingerprint density at radius 2 is 2.07 bits per heavy atom. The topological polar surface area (TPSA) is 93.8 Å². The third-order valence-electron chi connectivity index (χ3n) is 3.84. The molecule has 0 unspecified atom stereocenters. The van der Waals surface area contributed by atoms with Gasteiger partial charge in [0.25, 0.3) is 5.69 Å². The number of aryl methyl sites for hydroxylation is 2. The number of nitrogens with one attached hydrogen (secondary N) is 1. The number of nitrogens with zero attached hydrogens (tertiary/aromatic N) is 2. The van der Waals surface area contributed by atoms with Crippen LogP contribution in [0.25, 0.3) is 0 Å². The van der Waals surface area contributed by atoms with E-state index < -0.39 is 4.92 Å². The smallest absolute Gasteiger partial charge is 0.270 e. The minimum Gasteiger partial charge on any atom is -0.480 e. The van der Waals surface area contributed by atoms with Gasteiger partial charge in [-0.25, -0.2) is 5.43 Å². The number of amides is 1. The van der Waals surface area contributed by atoms with E-state index in [1.807, 2.05) is 32.0 Å². The van der Waals surface area contributed by atoms with Crippen molar-refractivity contribution < 1.29 is 14.5 Å². The summed E-state index contributed by atoms with van der Waals surface area (Å²) in [7, 11) is 0. The largest absolute Gasteiger partial charge is 0.480 e. The number of terminal acetylenes is 1. The number of hydrogen-bond acceptors (Lipinski definition) is 5. The van der Waals surface area contributed by atoms with Crippen molar-refractivity contribution in [1.29, 1.82) is 0 Å². The lowest BCUT2D eigenvalue weighted by Gasteiger charge is -2.06. The Balaban J connectivity index is 2.08. The van der Waals surface area contributed by atoms with Crippen LogP contribution in [0.2, 0.25) is 0 Å². The van der Waals surface area contributed by atoms with Crippen molar-refractivity contribution in [3.8, 4) is 18.1 Å². The van der Waals surface area contributed by atoms with Crippen molar-refractivity contribution in [3.63, 3.8) is 0 Å². The van der Waals surface area contributed by atoms with E-state index in [1.165, 1.54) is 24.4 Å². The molecule has 0 spiro atoms. The van der Waals surface area contributed by atoms with E-state index >= 15 is 0 Å². The predicted octanol–water partition coefficient (Wildman–Crippen LogP) is 2.92. The van der Waals surface area contributed by atoms with Gasteiger partial charge in [0.05, 0.1) is 17.6 Å². The summed E-state index contributed by atoms with van der Waals surface area (Å²) in [5.41, 5.74) is 5.77. The molecule has 0 aliphatic carbocycles. The zero-order chi connectivity index (χ0) is 19.8. The van der Waals surface area contributed by atoms with Crippen LogP contribution < -0.4 is 10.2 Å². The Morgan fingerprint density at radius 3 is 2.74 bits per heavy atom. The molecule has 7 nitrogen and oxygen atoms in total. The first-order valence-electron chi connectivity index (χ1n) is 8.13. The zero-order valence-corrected chi connectivity index (χ0v) is 15.1. The van der Waals surface area contributed by atoms with Crippen molar-refractivity contribution in [3.05, 3.63) is 68.8 Å². The van der Waals surface area contributed by atoms with Crippen molar-refractivity contribution in [2.24, 2.45) is 5.10 Å². The maximum Gasteiger partial charge on any atom is 0.270 e. The van der Waals surface area contributed by atoms with Crippen LogP contribution in [-0.2, 0) is 11.2 Å². The molecule has 0 aliphatic rings. The number of carbonyl (C=O) groups excluding carboxylic acids is 1. The molecule has 0 atom stereocenters. The van der Waals surface area contributed by atoms with Crippen LogP contribution in [0, 0.1) is 36.3 Å². The summed E-state index contributed by atoms with van der Waals surface area (Å²) < 4.78 is 5.34. The van der Waals surface area contributed by atoms with Crippen LogP contribution >= 0.6 is 0 Å². The molecule has 0 aliphatic heterocycles. The Labute approximate surface area is 157 Å². The molecule has 1 N–H and O–H groups in total. The summed E-state index contributed by atoms with van der Waals surface area (Å²) in [6.07, 6.45) is 6.63. The van der Waals surface area contributed by atoms with E-state index in [2.05, 4.69) is 16.4 Å². The molecule has 0 fully saturated rings. The molecule has 0 saturated carbocycles. The van der Waals surface area contributed by atoms with Crippen molar-refractivity contribution >= 4 is 17.8 Å². The first kappa shape index (κ1) is 19.7. The second kappa shape index (κ2) is 9.15. The van der Waals surface area contributed by atoms with Crippen LogP contribution in [-0.4, -0.2) is 23.7 Å². The highest BCUT2D eigenvalue weighted by Crippen LogP contribution is 2.22. The van der Waals surface area contributed by atoms with E-state index in [-0.39, 0.29) is 24.6 Å². The zero-order valence-electron chi connectivity index (χ0n) is 15.1. The summed E-state index contributed by atoms with van der Waals surface area (Å²) in [5.74, 6) is 2.36. The number of nitro benzene ring substituents is 1. The normalized spacial score (nSPS) is 10.4. The number of hydrogen-bond donors (Lipinski definition) is 1. The summed E-state index contributed by atoms with van der Waals surface area (Å²) in [4.78, 5) is 22.4. The lowest BCUT2D eigenvalue weighted by Crippen LogP contribution is -2.19. The van der Waals surface area contributed by atoms with Gasteiger partial charge >= 0.3 is 0 Å². The minimum absolute atomic E-state index is 0.0117. The van der Waals surface area contributed by atoms with Crippen molar-refractivity contribution in [2.75, 3.05) is 6.61 Å². The van der Waals surface area contributed by atoms with Gasteiger partial charge in [-0.3, -0.25) is 14.9 Å². The number of non-ortho nitro benzene ring substituents is 1. The second-order valence-corrected chi connectivity index (χ2v) is 5.86. The van der Waals surface area contributed by atoms with E-state index in [4.69, 9.17) is 11.2 Å². The minimum atomic E-state index is -0.527. The van der Waals surface area contributed by atoms with E-state index in [1.54, 1.807) is 0 Å². The molecular weight excluding hydrogens is 346 g/mol. The molecule has 0 radical (unpaired) electrons. The van der Waals surface area contributed by atoms with Crippen molar-refractivity contribution in [1.82, 2.24) is 5.43 Å². The lowest BCUT2D eigenvalue weighted by atomic mass is 10.0. The molecule has 2 aromatic rings. The van der Waals surface area contributed by atoms with Gasteiger partial charge in [0.1, 0.15) is 12.4 Å². The molecule has 0 aromatic heterocycles. The fourth-order valence-corrected chi connectivity index (χ4v) is 2.31.